The highest BCUT2D eigenvalue weighted by Gasteiger charge is 2.33. The minimum Gasteiger partial charge on any atom is -0.493 e. The normalized spacial score (nSPS) is 12.4. The van der Waals surface area contributed by atoms with Gasteiger partial charge in [-0.3, -0.25) is 10.1 Å². The Balaban J connectivity index is 2.13. The number of fused-ring (bicyclic) bond motifs is 1. The van der Waals surface area contributed by atoms with Gasteiger partial charge in [0.25, 0.3) is 5.69 Å². The molecule has 7 nitrogen and oxygen atoms in total. The molecular formula is C18H15F3N4O3. The van der Waals surface area contributed by atoms with Gasteiger partial charge in [0, 0.05) is 17.5 Å². The van der Waals surface area contributed by atoms with E-state index < -0.39 is 22.4 Å². The third-order valence-electron chi connectivity index (χ3n) is 4.13. The van der Waals surface area contributed by atoms with Crippen LogP contribution in [0.15, 0.2) is 52.7 Å². The van der Waals surface area contributed by atoms with Crippen LogP contribution in [0.4, 0.5) is 30.2 Å². The Morgan fingerprint density at radius 1 is 1.14 bits per heavy atom. The molecule has 10 heteroatoms. The molecule has 0 unspecified atom stereocenters. The molecule has 0 aliphatic rings. The second kappa shape index (κ2) is 6.95. The van der Waals surface area contributed by atoms with E-state index in [-0.39, 0.29) is 23.3 Å². The number of alkyl halides is 3. The first-order valence-corrected chi connectivity index (χ1v) is 8.20. The predicted octanol–water partition coefficient (Wildman–Crippen LogP) is 6.27. The Labute approximate surface area is 156 Å². The SMILES string of the molecule is CC(C)n1c(O)c(N=Nc2ccc(C(F)(F)F)cc2[N+](=O)[O-])c2ccccc21. The summed E-state index contributed by atoms with van der Waals surface area (Å²) in [7, 11) is 0. The predicted molar refractivity (Wildman–Crippen MR) is 96.3 cm³/mol. The van der Waals surface area contributed by atoms with Crippen molar-refractivity contribution in [2.24, 2.45) is 10.2 Å². The standard InChI is InChI=1S/C18H15F3N4O3/c1-10(2)24-14-6-4-3-5-12(14)16(17(24)26)23-22-13-8-7-11(18(19,20)21)9-15(13)25(27)28/h3-10,26H,1-2H3. The van der Waals surface area contributed by atoms with Crippen LogP contribution in [0.1, 0.15) is 25.5 Å². The first-order valence-electron chi connectivity index (χ1n) is 8.20. The van der Waals surface area contributed by atoms with Crippen molar-refractivity contribution in [2.75, 3.05) is 0 Å². The van der Waals surface area contributed by atoms with Crippen molar-refractivity contribution in [2.45, 2.75) is 26.1 Å². The van der Waals surface area contributed by atoms with Gasteiger partial charge in [0.15, 0.2) is 11.4 Å². The number of nitrogens with zero attached hydrogens (tertiary/aromatic N) is 4. The number of aromatic nitrogens is 1. The summed E-state index contributed by atoms with van der Waals surface area (Å²) in [4.78, 5) is 10.2. The zero-order valence-electron chi connectivity index (χ0n) is 14.8. The molecule has 0 saturated carbocycles. The molecule has 3 rings (SSSR count). The molecule has 146 valence electrons. The van der Waals surface area contributed by atoms with E-state index in [4.69, 9.17) is 0 Å². The molecule has 3 aromatic rings. The number of hydrogen-bond donors (Lipinski definition) is 1. The van der Waals surface area contributed by atoms with Gasteiger partial charge in [0.1, 0.15) is 0 Å². The van der Waals surface area contributed by atoms with Crippen molar-refractivity contribution >= 4 is 28.0 Å². The number of nitro benzene ring substituents is 1. The largest absolute Gasteiger partial charge is 0.493 e. The van der Waals surface area contributed by atoms with Crippen LogP contribution in [-0.2, 0) is 6.18 Å². The molecule has 28 heavy (non-hydrogen) atoms. The monoisotopic (exact) mass is 392 g/mol. The number of nitro groups is 1. The molecule has 0 radical (unpaired) electrons. The van der Waals surface area contributed by atoms with Crippen molar-refractivity contribution in [1.29, 1.82) is 0 Å². The number of aromatic hydroxyl groups is 1. The molecule has 1 aromatic heterocycles. The average Bonchev–Trinajstić information content (AvgIpc) is 2.90. The lowest BCUT2D eigenvalue weighted by Crippen LogP contribution is -2.05. The van der Waals surface area contributed by atoms with Gasteiger partial charge in [-0.25, -0.2) is 0 Å². The molecule has 1 N–H and O–H groups in total. The summed E-state index contributed by atoms with van der Waals surface area (Å²) in [5.74, 6) is -0.186. The van der Waals surface area contributed by atoms with Gasteiger partial charge in [0.2, 0.25) is 5.88 Å². The summed E-state index contributed by atoms with van der Waals surface area (Å²) >= 11 is 0. The fraction of sp³-hybridized carbons (Fsp3) is 0.222. The minimum atomic E-state index is -4.72. The van der Waals surface area contributed by atoms with Gasteiger partial charge >= 0.3 is 6.18 Å². The number of hydrogen-bond acceptors (Lipinski definition) is 5. The van der Waals surface area contributed by atoms with E-state index in [0.717, 1.165) is 6.07 Å². The van der Waals surface area contributed by atoms with Gasteiger partial charge in [-0.1, -0.05) is 18.2 Å². The van der Waals surface area contributed by atoms with Crippen molar-refractivity contribution in [1.82, 2.24) is 4.57 Å². The van der Waals surface area contributed by atoms with Crippen LogP contribution in [0.3, 0.4) is 0 Å². The second-order valence-corrected chi connectivity index (χ2v) is 6.31. The smallest absolute Gasteiger partial charge is 0.416 e. The Morgan fingerprint density at radius 2 is 1.82 bits per heavy atom. The van der Waals surface area contributed by atoms with Crippen LogP contribution >= 0.6 is 0 Å². The first-order chi connectivity index (χ1) is 13.1. The molecule has 0 saturated heterocycles. The van der Waals surface area contributed by atoms with E-state index in [1.54, 1.807) is 28.8 Å². The maximum absolute atomic E-state index is 12.8. The number of azo groups is 1. The molecule has 0 amide bonds. The first kappa shape index (κ1) is 19.3. The van der Waals surface area contributed by atoms with E-state index in [9.17, 15) is 28.4 Å². The Bertz CT molecular complexity index is 1090. The lowest BCUT2D eigenvalue weighted by Gasteiger charge is -2.10. The van der Waals surface area contributed by atoms with Crippen LogP contribution < -0.4 is 0 Å². The van der Waals surface area contributed by atoms with Gasteiger partial charge in [0.05, 0.1) is 16.0 Å². The molecule has 0 aliphatic carbocycles. The topological polar surface area (TPSA) is 93.0 Å². The van der Waals surface area contributed by atoms with E-state index in [2.05, 4.69) is 10.2 Å². The Kier molecular flexibility index (Phi) is 4.80. The van der Waals surface area contributed by atoms with Crippen molar-refractivity contribution in [3.8, 4) is 5.88 Å². The number of rotatable bonds is 4. The minimum absolute atomic E-state index is 0.0819. The van der Waals surface area contributed by atoms with E-state index in [1.807, 2.05) is 13.8 Å². The van der Waals surface area contributed by atoms with E-state index >= 15 is 0 Å². The zero-order chi connectivity index (χ0) is 20.6. The van der Waals surface area contributed by atoms with Crippen molar-refractivity contribution in [3.63, 3.8) is 0 Å². The molecule has 0 atom stereocenters. The summed E-state index contributed by atoms with van der Waals surface area (Å²) in [6.07, 6.45) is -4.72. The third-order valence-corrected chi connectivity index (χ3v) is 4.13. The second-order valence-electron chi connectivity index (χ2n) is 6.31. The number of benzene rings is 2. The summed E-state index contributed by atoms with van der Waals surface area (Å²) in [5.41, 5.74) is -1.56. The fourth-order valence-corrected chi connectivity index (χ4v) is 2.89. The summed E-state index contributed by atoms with van der Waals surface area (Å²) in [6.45, 7) is 3.71. The van der Waals surface area contributed by atoms with Crippen LogP contribution in [0.2, 0.25) is 0 Å². The molecule has 2 aromatic carbocycles. The van der Waals surface area contributed by atoms with Crippen molar-refractivity contribution < 1.29 is 23.2 Å². The third kappa shape index (κ3) is 3.40. The van der Waals surface area contributed by atoms with E-state index in [0.29, 0.717) is 23.0 Å². The van der Waals surface area contributed by atoms with Gasteiger partial charge in [-0.2, -0.15) is 13.2 Å². The molecule has 0 spiro atoms. The summed E-state index contributed by atoms with van der Waals surface area (Å²) in [5, 5.41) is 29.9. The van der Waals surface area contributed by atoms with Crippen LogP contribution in [0, 0.1) is 10.1 Å². The average molecular weight is 392 g/mol. The van der Waals surface area contributed by atoms with Crippen molar-refractivity contribution in [3.05, 3.63) is 58.1 Å². The number of halogens is 3. The number of para-hydroxylation sites is 1. The maximum atomic E-state index is 12.8. The lowest BCUT2D eigenvalue weighted by atomic mass is 10.1. The van der Waals surface area contributed by atoms with Gasteiger partial charge in [-0.05, 0) is 32.0 Å². The quantitative estimate of drug-likeness (QED) is 0.322. The Hall–Kier alpha value is -3.43. The molecule has 1 heterocycles. The maximum Gasteiger partial charge on any atom is 0.416 e. The summed E-state index contributed by atoms with van der Waals surface area (Å²) < 4.78 is 40.0. The van der Waals surface area contributed by atoms with Gasteiger partial charge in [-0.15, -0.1) is 10.2 Å². The summed E-state index contributed by atoms with van der Waals surface area (Å²) in [6, 6.07) is 8.86. The molecule has 0 aliphatic heterocycles. The molecule has 0 fully saturated rings. The van der Waals surface area contributed by atoms with E-state index in [1.165, 1.54) is 0 Å². The highest BCUT2D eigenvalue weighted by atomic mass is 19.4. The van der Waals surface area contributed by atoms with Crippen LogP contribution in [0.25, 0.3) is 10.9 Å². The molecule has 0 bridgehead atoms. The fourth-order valence-electron chi connectivity index (χ4n) is 2.89. The highest BCUT2D eigenvalue weighted by molar-refractivity contribution is 5.95. The Morgan fingerprint density at radius 3 is 2.43 bits per heavy atom. The highest BCUT2D eigenvalue weighted by Crippen LogP contribution is 2.42. The lowest BCUT2D eigenvalue weighted by molar-refractivity contribution is -0.384. The van der Waals surface area contributed by atoms with Crippen LogP contribution in [-0.4, -0.2) is 14.6 Å². The van der Waals surface area contributed by atoms with Crippen LogP contribution in [0.5, 0.6) is 5.88 Å². The zero-order valence-corrected chi connectivity index (χ0v) is 14.8. The molecular weight excluding hydrogens is 377 g/mol. The van der Waals surface area contributed by atoms with Gasteiger partial charge < -0.3 is 9.67 Å².